The summed E-state index contributed by atoms with van der Waals surface area (Å²) in [5, 5.41) is 2.70. The summed E-state index contributed by atoms with van der Waals surface area (Å²) in [4.78, 5) is 25.4. The number of hydrogen-bond acceptors (Lipinski definition) is 6. The first-order valence-electron chi connectivity index (χ1n) is 10.3. The summed E-state index contributed by atoms with van der Waals surface area (Å²) in [7, 11) is 0. The minimum atomic E-state index is -4.77. The van der Waals surface area contributed by atoms with Gasteiger partial charge in [-0.05, 0) is 26.0 Å². The van der Waals surface area contributed by atoms with Crippen LogP contribution in [0.25, 0.3) is 11.3 Å². The van der Waals surface area contributed by atoms with E-state index >= 15 is 0 Å². The van der Waals surface area contributed by atoms with Crippen molar-refractivity contribution in [2.75, 3.05) is 18.4 Å². The molecule has 186 valence electrons. The van der Waals surface area contributed by atoms with Crippen LogP contribution in [0.4, 0.5) is 38.0 Å². The molecule has 0 unspecified atom stereocenters. The van der Waals surface area contributed by atoms with Gasteiger partial charge in [0.2, 0.25) is 5.91 Å². The van der Waals surface area contributed by atoms with Crippen molar-refractivity contribution < 1.29 is 31.1 Å². The van der Waals surface area contributed by atoms with Gasteiger partial charge in [-0.15, -0.1) is 0 Å². The fourth-order valence-electron chi connectivity index (χ4n) is 3.99. The Morgan fingerprint density at radius 1 is 1.11 bits per heavy atom. The molecule has 0 bridgehead atoms. The summed E-state index contributed by atoms with van der Waals surface area (Å²) >= 11 is 0. The molecular formula is C21H19F6N7O. The summed E-state index contributed by atoms with van der Waals surface area (Å²) < 4.78 is 82.6. The quantitative estimate of drug-likeness (QED) is 0.421. The van der Waals surface area contributed by atoms with Gasteiger partial charge in [0.05, 0.1) is 24.5 Å². The molecule has 1 aliphatic rings. The molecule has 0 spiro atoms. The Morgan fingerprint density at radius 2 is 1.77 bits per heavy atom. The number of rotatable bonds is 4. The normalized spacial score (nSPS) is 15.2. The minimum Gasteiger partial charge on any atom is -0.327 e. The lowest BCUT2D eigenvalue weighted by Crippen LogP contribution is -2.53. The van der Waals surface area contributed by atoms with E-state index in [0.717, 1.165) is 6.20 Å². The number of carbonyl (C=O) groups excluding carboxylic acids is 1. The van der Waals surface area contributed by atoms with Crippen molar-refractivity contribution in [1.29, 1.82) is 0 Å². The van der Waals surface area contributed by atoms with Crippen LogP contribution in [0.1, 0.15) is 25.4 Å². The van der Waals surface area contributed by atoms with Crippen LogP contribution in [0.15, 0.2) is 24.5 Å². The summed E-state index contributed by atoms with van der Waals surface area (Å²) in [5.41, 5.74) is 2.92. The Balaban J connectivity index is 1.90. The summed E-state index contributed by atoms with van der Waals surface area (Å²) in [5.74, 6) is -5.03. The van der Waals surface area contributed by atoms with Gasteiger partial charge in [0, 0.05) is 18.7 Å². The third kappa shape index (κ3) is 4.29. The highest BCUT2D eigenvalue weighted by atomic mass is 19.4. The van der Waals surface area contributed by atoms with Crippen molar-refractivity contribution in [2.24, 2.45) is 5.73 Å². The molecule has 3 aromatic rings. The zero-order chi connectivity index (χ0) is 25.7. The van der Waals surface area contributed by atoms with E-state index in [1.807, 2.05) is 0 Å². The van der Waals surface area contributed by atoms with Gasteiger partial charge in [-0.25, -0.2) is 23.1 Å². The molecule has 0 aliphatic carbocycles. The Morgan fingerprint density at radius 3 is 2.37 bits per heavy atom. The molecule has 3 N–H and O–H groups in total. The third-order valence-electron chi connectivity index (χ3n) is 5.64. The SMILES string of the molecule is CC1(C)c2nc(-c3cc(F)c(F)c(F)c3)c(Nc3cncc(C(F)(F)F)n3)n2CCN1C(=O)CN. The number of halogens is 6. The first-order chi connectivity index (χ1) is 16.3. The van der Waals surface area contributed by atoms with Crippen LogP contribution in [0, 0.1) is 17.5 Å². The van der Waals surface area contributed by atoms with Crippen LogP contribution in [-0.4, -0.2) is 43.4 Å². The smallest absolute Gasteiger partial charge is 0.327 e. The molecule has 1 aromatic carbocycles. The van der Waals surface area contributed by atoms with E-state index in [4.69, 9.17) is 5.73 Å². The predicted molar refractivity (Wildman–Crippen MR) is 112 cm³/mol. The van der Waals surface area contributed by atoms with Gasteiger partial charge in [0.1, 0.15) is 17.3 Å². The summed E-state index contributed by atoms with van der Waals surface area (Å²) in [6.45, 7) is 3.36. The standard InChI is InChI=1S/C21H19F6N7O/c1-20(2)19-32-17(10-5-11(22)16(24)12(23)6-10)18(33(19)3-4-34(20)15(35)7-28)31-14-9-29-8-13(30-14)21(25,26)27/h5-6,8-9H,3-4,7,28H2,1-2H3,(H,30,31). The Labute approximate surface area is 194 Å². The molecule has 1 aliphatic heterocycles. The van der Waals surface area contributed by atoms with Gasteiger partial charge in [0.15, 0.2) is 29.0 Å². The topological polar surface area (TPSA) is 102 Å². The van der Waals surface area contributed by atoms with Crippen molar-refractivity contribution in [3.8, 4) is 11.3 Å². The molecule has 0 fully saturated rings. The van der Waals surface area contributed by atoms with Gasteiger partial charge < -0.3 is 20.5 Å². The van der Waals surface area contributed by atoms with E-state index in [-0.39, 0.29) is 54.3 Å². The highest BCUT2D eigenvalue weighted by molar-refractivity contribution is 5.80. The predicted octanol–water partition coefficient (Wildman–Crippen LogP) is 3.56. The number of alkyl halides is 3. The lowest BCUT2D eigenvalue weighted by molar-refractivity contribution is -0.141. The number of imidazole rings is 1. The number of amides is 1. The zero-order valence-electron chi connectivity index (χ0n) is 18.4. The molecule has 14 heteroatoms. The fraction of sp³-hybridized carbons (Fsp3) is 0.333. The van der Waals surface area contributed by atoms with Gasteiger partial charge in [-0.2, -0.15) is 13.2 Å². The van der Waals surface area contributed by atoms with Gasteiger partial charge in [-0.3, -0.25) is 9.78 Å². The Bertz CT molecular complexity index is 1280. The second-order valence-electron chi connectivity index (χ2n) is 8.26. The van der Waals surface area contributed by atoms with Crippen LogP contribution in [0.2, 0.25) is 0 Å². The maximum atomic E-state index is 14.0. The molecule has 35 heavy (non-hydrogen) atoms. The number of benzene rings is 1. The molecular weight excluding hydrogens is 480 g/mol. The van der Waals surface area contributed by atoms with E-state index < -0.39 is 34.9 Å². The molecule has 0 radical (unpaired) electrons. The Kier molecular flexibility index (Phi) is 5.95. The van der Waals surface area contributed by atoms with Gasteiger partial charge in [0.25, 0.3) is 0 Å². The third-order valence-corrected chi connectivity index (χ3v) is 5.64. The summed E-state index contributed by atoms with van der Waals surface area (Å²) in [6.07, 6.45) is -3.19. The molecule has 2 aromatic heterocycles. The second kappa shape index (κ2) is 8.52. The van der Waals surface area contributed by atoms with Crippen molar-refractivity contribution >= 4 is 17.5 Å². The molecule has 3 heterocycles. The number of nitrogens with two attached hydrogens (primary N) is 1. The Hall–Kier alpha value is -3.68. The largest absolute Gasteiger partial charge is 0.434 e. The maximum Gasteiger partial charge on any atom is 0.434 e. The van der Waals surface area contributed by atoms with Crippen molar-refractivity contribution in [3.05, 3.63) is 53.5 Å². The molecule has 0 atom stereocenters. The van der Waals surface area contributed by atoms with Gasteiger partial charge >= 0.3 is 6.18 Å². The number of fused-ring (bicyclic) bond motifs is 1. The lowest BCUT2D eigenvalue weighted by Gasteiger charge is -2.42. The monoisotopic (exact) mass is 499 g/mol. The van der Waals surface area contributed by atoms with E-state index in [2.05, 4.69) is 20.3 Å². The first-order valence-corrected chi connectivity index (χ1v) is 10.3. The molecule has 1 amide bonds. The van der Waals surface area contributed by atoms with Crippen LogP contribution in [-0.2, 0) is 23.1 Å². The average molecular weight is 499 g/mol. The number of nitrogens with one attached hydrogen (secondary N) is 1. The maximum absolute atomic E-state index is 14.0. The van der Waals surface area contributed by atoms with E-state index in [1.54, 1.807) is 18.4 Å². The zero-order valence-corrected chi connectivity index (χ0v) is 18.4. The number of hydrogen-bond donors (Lipinski definition) is 2. The van der Waals surface area contributed by atoms with Crippen LogP contribution >= 0.6 is 0 Å². The first kappa shape index (κ1) is 24.4. The minimum absolute atomic E-state index is 0.0342. The number of carbonyl (C=O) groups is 1. The van der Waals surface area contributed by atoms with Gasteiger partial charge in [-0.1, -0.05) is 0 Å². The number of aromatic nitrogens is 4. The van der Waals surface area contributed by atoms with E-state index in [9.17, 15) is 31.1 Å². The second-order valence-corrected chi connectivity index (χ2v) is 8.26. The van der Waals surface area contributed by atoms with Crippen LogP contribution < -0.4 is 11.1 Å². The van der Waals surface area contributed by atoms with Crippen LogP contribution in [0.5, 0.6) is 0 Å². The van der Waals surface area contributed by atoms with E-state index in [0.29, 0.717) is 18.3 Å². The molecule has 8 nitrogen and oxygen atoms in total. The lowest BCUT2D eigenvalue weighted by atomic mass is 9.99. The number of anilines is 2. The van der Waals surface area contributed by atoms with Crippen molar-refractivity contribution in [2.45, 2.75) is 32.1 Å². The fourth-order valence-corrected chi connectivity index (χ4v) is 3.99. The average Bonchev–Trinajstić information content (AvgIpc) is 3.16. The van der Waals surface area contributed by atoms with Crippen LogP contribution in [0.3, 0.4) is 0 Å². The van der Waals surface area contributed by atoms with Crippen molar-refractivity contribution in [3.63, 3.8) is 0 Å². The highest BCUT2D eigenvalue weighted by Crippen LogP contribution is 2.40. The molecule has 0 saturated heterocycles. The molecule has 0 saturated carbocycles. The van der Waals surface area contributed by atoms with Crippen molar-refractivity contribution in [1.82, 2.24) is 24.4 Å². The highest BCUT2D eigenvalue weighted by Gasteiger charge is 2.41. The molecule has 4 rings (SSSR count). The number of nitrogens with zero attached hydrogens (tertiary/aromatic N) is 5. The summed E-state index contributed by atoms with van der Waals surface area (Å²) in [6, 6.07) is 1.43. The van der Waals surface area contributed by atoms with E-state index in [1.165, 1.54) is 4.90 Å².